The summed E-state index contributed by atoms with van der Waals surface area (Å²) in [5.74, 6) is -0.767. The third-order valence-electron chi connectivity index (χ3n) is 2.47. The van der Waals surface area contributed by atoms with Gasteiger partial charge in [0.15, 0.2) is 0 Å². The molecule has 0 saturated heterocycles. The Morgan fingerprint density at radius 2 is 1.94 bits per heavy atom. The Hall–Kier alpha value is -2.17. The van der Waals surface area contributed by atoms with Crippen molar-refractivity contribution >= 4 is 5.97 Å². The van der Waals surface area contributed by atoms with Gasteiger partial charge in [-0.1, -0.05) is 29.5 Å². The van der Waals surface area contributed by atoms with Gasteiger partial charge in [0.05, 0.1) is 12.7 Å². The van der Waals surface area contributed by atoms with Gasteiger partial charge < -0.3 is 5.11 Å². The maximum Gasteiger partial charge on any atom is 0.303 e. The van der Waals surface area contributed by atoms with Crippen LogP contribution in [0.25, 0.3) is 0 Å². The third kappa shape index (κ3) is 3.41. The molecular formula is C12H13N3O2. The average molecular weight is 231 g/mol. The molecule has 5 nitrogen and oxygen atoms in total. The molecule has 0 saturated carbocycles. The molecule has 2 aromatic rings. The van der Waals surface area contributed by atoms with Gasteiger partial charge in [-0.2, -0.15) is 0 Å². The summed E-state index contributed by atoms with van der Waals surface area (Å²) in [6.45, 7) is 0.680. The molecule has 0 radical (unpaired) electrons. The van der Waals surface area contributed by atoms with Crippen molar-refractivity contribution in [2.45, 2.75) is 19.4 Å². The summed E-state index contributed by atoms with van der Waals surface area (Å²) >= 11 is 0. The predicted molar refractivity (Wildman–Crippen MR) is 61.5 cm³/mol. The molecule has 1 heterocycles. The van der Waals surface area contributed by atoms with E-state index in [-0.39, 0.29) is 6.42 Å². The van der Waals surface area contributed by atoms with Crippen LogP contribution in [0.3, 0.4) is 0 Å². The molecule has 5 heteroatoms. The minimum atomic E-state index is -0.767. The average Bonchev–Trinajstić information content (AvgIpc) is 2.81. The van der Waals surface area contributed by atoms with Crippen molar-refractivity contribution in [1.29, 1.82) is 0 Å². The van der Waals surface area contributed by atoms with E-state index in [1.54, 1.807) is 17.1 Å². The lowest BCUT2D eigenvalue weighted by atomic mass is 10.1. The Morgan fingerprint density at radius 1 is 1.24 bits per heavy atom. The summed E-state index contributed by atoms with van der Waals surface area (Å²) in [5.41, 5.74) is 2.16. The molecule has 1 aromatic heterocycles. The second-order valence-electron chi connectivity index (χ2n) is 3.81. The second-order valence-corrected chi connectivity index (χ2v) is 3.81. The highest BCUT2D eigenvalue weighted by Crippen LogP contribution is 2.07. The van der Waals surface area contributed by atoms with Crippen LogP contribution in [0.4, 0.5) is 0 Å². The van der Waals surface area contributed by atoms with E-state index in [1.165, 1.54) is 0 Å². The van der Waals surface area contributed by atoms with E-state index < -0.39 is 5.97 Å². The van der Waals surface area contributed by atoms with Crippen molar-refractivity contribution in [3.05, 3.63) is 47.8 Å². The summed E-state index contributed by atoms with van der Waals surface area (Å²) < 4.78 is 1.74. The second kappa shape index (κ2) is 5.25. The Morgan fingerprint density at radius 3 is 2.53 bits per heavy atom. The predicted octanol–water partition coefficient (Wildman–Crippen LogP) is 1.34. The van der Waals surface area contributed by atoms with Crippen LogP contribution in [0.5, 0.6) is 0 Å². The molecule has 0 fully saturated rings. The number of nitrogens with zero attached hydrogens (tertiary/aromatic N) is 3. The SMILES string of the molecule is O=C(O)CCc1ccc(Cn2ccnn2)cc1. The van der Waals surface area contributed by atoms with Crippen LogP contribution in [-0.2, 0) is 17.8 Å². The first kappa shape index (κ1) is 11.3. The van der Waals surface area contributed by atoms with Gasteiger partial charge in [-0.25, -0.2) is 4.68 Å². The smallest absolute Gasteiger partial charge is 0.303 e. The molecule has 0 amide bonds. The van der Waals surface area contributed by atoms with E-state index in [2.05, 4.69) is 10.3 Å². The number of hydrogen-bond donors (Lipinski definition) is 1. The monoisotopic (exact) mass is 231 g/mol. The van der Waals surface area contributed by atoms with Crippen LogP contribution in [-0.4, -0.2) is 26.1 Å². The number of carbonyl (C=O) groups is 1. The normalized spacial score (nSPS) is 10.4. The maximum absolute atomic E-state index is 10.4. The van der Waals surface area contributed by atoms with Crippen molar-refractivity contribution in [1.82, 2.24) is 15.0 Å². The lowest BCUT2D eigenvalue weighted by Gasteiger charge is -2.03. The number of carboxylic acids is 1. The van der Waals surface area contributed by atoms with Gasteiger partial charge in [-0.3, -0.25) is 4.79 Å². The van der Waals surface area contributed by atoms with E-state index in [9.17, 15) is 4.79 Å². The van der Waals surface area contributed by atoms with Crippen molar-refractivity contribution < 1.29 is 9.90 Å². The zero-order valence-corrected chi connectivity index (χ0v) is 9.28. The van der Waals surface area contributed by atoms with E-state index in [0.717, 1.165) is 11.1 Å². The Bertz CT molecular complexity index is 477. The number of aromatic nitrogens is 3. The van der Waals surface area contributed by atoms with Crippen LogP contribution < -0.4 is 0 Å². The standard InChI is InChI=1S/C12H13N3O2/c16-12(17)6-5-10-1-3-11(4-2-10)9-15-8-7-13-14-15/h1-4,7-8H,5-6,9H2,(H,16,17). The molecule has 1 aromatic carbocycles. The maximum atomic E-state index is 10.4. The fraction of sp³-hybridized carbons (Fsp3) is 0.250. The zero-order chi connectivity index (χ0) is 12.1. The quantitative estimate of drug-likeness (QED) is 0.843. The van der Waals surface area contributed by atoms with Gasteiger partial charge >= 0.3 is 5.97 Å². The van der Waals surface area contributed by atoms with Gasteiger partial charge in [0, 0.05) is 12.6 Å². The van der Waals surface area contributed by atoms with Crippen LogP contribution in [0.15, 0.2) is 36.7 Å². The number of aryl methyl sites for hydroxylation is 1. The van der Waals surface area contributed by atoms with Gasteiger partial charge in [0.2, 0.25) is 0 Å². The first-order valence-corrected chi connectivity index (χ1v) is 5.38. The largest absolute Gasteiger partial charge is 0.481 e. The van der Waals surface area contributed by atoms with E-state index >= 15 is 0 Å². The molecule has 2 rings (SSSR count). The molecule has 17 heavy (non-hydrogen) atoms. The zero-order valence-electron chi connectivity index (χ0n) is 9.28. The van der Waals surface area contributed by atoms with E-state index in [1.807, 2.05) is 24.3 Å². The number of benzene rings is 1. The third-order valence-corrected chi connectivity index (χ3v) is 2.47. The number of rotatable bonds is 5. The van der Waals surface area contributed by atoms with Crippen molar-refractivity contribution in [3.8, 4) is 0 Å². The Labute approximate surface area is 98.7 Å². The highest BCUT2D eigenvalue weighted by Gasteiger charge is 2.00. The molecule has 0 aliphatic rings. The lowest BCUT2D eigenvalue weighted by Crippen LogP contribution is -2.01. The van der Waals surface area contributed by atoms with Crippen LogP contribution in [0.1, 0.15) is 17.5 Å². The molecule has 0 aliphatic carbocycles. The van der Waals surface area contributed by atoms with E-state index in [4.69, 9.17) is 5.11 Å². The van der Waals surface area contributed by atoms with Gasteiger partial charge in [-0.05, 0) is 17.5 Å². The number of aliphatic carboxylic acids is 1. The van der Waals surface area contributed by atoms with Gasteiger partial charge in [0.1, 0.15) is 0 Å². The van der Waals surface area contributed by atoms with E-state index in [0.29, 0.717) is 13.0 Å². The summed E-state index contributed by atoms with van der Waals surface area (Å²) in [7, 11) is 0. The Kier molecular flexibility index (Phi) is 3.49. The van der Waals surface area contributed by atoms with Crippen molar-refractivity contribution in [2.75, 3.05) is 0 Å². The van der Waals surface area contributed by atoms with Crippen molar-refractivity contribution in [2.24, 2.45) is 0 Å². The fourth-order valence-corrected chi connectivity index (χ4v) is 1.57. The highest BCUT2D eigenvalue weighted by atomic mass is 16.4. The minimum Gasteiger partial charge on any atom is -0.481 e. The first-order chi connectivity index (χ1) is 8.24. The highest BCUT2D eigenvalue weighted by molar-refractivity contribution is 5.67. The molecule has 0 aliphatic heterocycles. The van der Waals surface area contributed by atoms with Gasteiger partial charge in [-0.15, -0.1) is 5.10 Å². The molecule has 0 spiro atoms. The van der Waals surface area contributed by atoms with Crippen LogP contribution in [0.2, 0.25) is 0 Å². The minimum absolute atomic E-state index is 0.169. The van der Waals surface area contributed by atoms with Crippen molar-refractivity contribution in [3.63, 3.8) is 0 Å². The fourth-order valence-electron chi connectivity index (χ4n) is 1.57. The topological polar surface area (TPSA) is 68.0 Å². The number of carboxylic acid groups (broad SMARTS) is 1. The van der Waals surface area contributed by atoms with Crippen LogP contribution >= 0.6 is 0 Å². The molecular weight excluding hydrogens is 218 g/mol. The molecule has 88 valence electrons. The number of hydrogen-bond acceptors (Lipinski definition) is 3. The first-order valence-electron chi connectivity index (χ1n) is 5.38. The summed E-state index contributed by atoms with van der Waals surface area (Å²) in [5, 5.41) is 16.2. The summed E-state index contributed by atoms with van der Waals surface area (Å²) in [4.78, 5) is 10.4. The van der Waals surface area contributed by atoms with Crippen LogP contribution in [0, 0.1) is 0 Å². The Balaban J connectivity index is 1.95. The summed E-state index contributed by atoms with van der Waals surface area (Å²) in [6.07, 6.45) is 4.18. The molecule has 0 unspecified atom stereocenters. The summed E-state index contributed by atoms with van der Waals surface area (Å²) in [6, 6.07) is 7.88. The lowest BCUT2D eigenvalue weighted by molar-refractivity contribution is -0.136. The molecule has 0 bridgehead atoms. The molecule has 0 atom stereocenters. The molecule has 1 N–H and O–H groups in total. The van der Waals surface area contributed by atoms with Gasteiger partial charge in [0.25, 0.3) is 0 Å².